The number of hydrogen-bond acceptors (Lipinski definition) is 4. The van der Waals surface area contributed by atoms with Gasteiger partial charge in [0.25, 0.3) is 0 Å². The Labute approximate surface area is 142 Å². The minimum Gasteiger partial charge on any atom is -0.492 e. The molecule has 0 spiro atoms. The lowest BCUT2D eigenvalue weighted by atomic mass is 10.2. The highest BCUT2D eigenvalue weighted by atomic mass is 32.2. The molecule has 1 saturated heterocycles. The zero-order chi connectivity index (χ0) is 17.8. The molecule has 1 N–H and O–H groups in total. The Bertz CT molecular complexity index is 687. The van der Waals surface area contributed by atoms with E-state index in [0.29, 0.717) is 38.0 Å². The largest absolute Gasteiger partial charge is 0.492 e. The molecule has 1 heterocycles. The monoisotopic (exact) mass is 357 g/mol. The number of halogens is 1. The van der Waals surface area contributed by atoms with Gasteiger partial charge in [0, 0.05) is 20.1 Å². The molecule has 0 aliphatic carbocycles. The minimum atomic E-state index is -3.08. The van der Waals surface area contributed by atoms with Gasteiger partial charge in [0.05, 0.1) is 17.0 Å². The third kappa shape index (κ3) is 4.37. The summed E-state index contributed by atoms with van der Waals surface area (Å²) in [5.41, 5.74) is 0. The van der Waals surface area contributed by atoms with Crippen molar-refractivity contribution < 1.29 is 17.5 Å². The van der Waals surface area contributed by atoms with E-state index in [1.54, 1.807) is 33.0 Å². The van der Waals surface area contributed by atoms with Crippen LogP contribution in [0.2, 0.25) is 0 Å². The molecule has 0 aromatic heterocycles. The first-order valence-corrected chi connectivity index (χ1v) is 9.47. The smallest absolute Gasteiger partial charge is 0.193 e. The van der Waals surface area contributed by atoms with E-state index in [9.17, 15) is 12.8 Å². The highest BCUT2D eigenvalue weighted by Gasteiger charge is 2.40. The Morgan fingerprint density at radius 1 is 1.38 bits per heavy atom. The fourth-order valence-corrected chi connectivity index (χ4v) is 3.89. The molecule has 1 aromatic rings. The van der Waals surface area contributed by atoms with Gasteiger partial charge < -0.3 is 15.0 Å². The minimum absolute atomic E-state index is 0.118. The first-order valence-electron chi connectivity index (χ1n) is 7.81. The van der Waals surface area contributed by atoms with Crippen LogP contribution in [0.5, 0.6) is 5.75 Å². The van der Waals surface area contributed by atoms with E-state index >= 15 is 0 Å². The SMILES string of the molecule is CN=C(NCCOc1ccc(F)cc1)N1CCS(=O)(=O)C(C)(C)C1. The summed E-state index contributed by atoms with van der Waals surface area (Å²) in [7, 11) is -1.41. The van der Waals surface area contributed by atoms with Gasteiger partial charge >= 0.3 is 0 Å². The Morgan fingerprint density at radius 2 is 2.04 bits per heavy atom. The maximum atomic E-state index is 12.8. The molecule has 0 bridgehead atoms. The summed E-state index contributed by atoms with van der Waals surface area (Å²) in [6.45, 7) is 5.19. The number of benzene rings is 1. The molecule has 1 fully saturated rings. The summed E-state index contributed by atoms with van der Waals surface area (Å²) in [6, 6.07) is 5.83. The first kappa shape index (κ1) is 18.5. The van der Waals surface area contributed by atoms with Crippen molar-refractivity contribution in [2.75, 3.05) is 39.0 Å². The van der Waals surface area contributed by atoms with Crippen LogP contribution in [0.3, 0.4) is 0 Å². The van der Waals surface area contributed by atoms with E-state index in [-0.39, 0.29) is 11.6 Å². The van der Waals surface area contributed by atoms with E-state index in [4.69, 9.17) is 4.74 Å². The number of guanidine groups is 1. The lowest BCUT2D eigenvalue weighted by molar-refractivity contribution is 0.312. The Hall–Kier alpha value is -1.83. The maximum absolute atomic E-state index is 12.8. The third-order valence-electron chi connectivity index (χ3n) is 4.02. The molecule has 8 heteroatoms. The number of sulfone groups is 1. The van der Waals surface area contributed by atoms with Gasteiger partial charge in [-0.25, -0.2) is 12.8 Å². The molecule has 0 unspecified atom stereocenters. The van der Waals surface area contributed by atoms with Crippen molar-refractivity contribution in [3.05, 3.63) is 30.1 Å². The van der Waals surface area contributed by atoms with Crippen LogP contribution in [0.4, 0.5) is 4.39 Å². The molecular weight excluding hydrogens is 333 g/mol. The number of rotatable bonds is 4. The molecule has 0 saturated carbocycles. The van der Waals surface area contributed by atoms with Crippen LogP contribution in [-0.4, -0.2) is 63.1 Å². The van der Waals surface area contributed by atoms with Crippen molar-refractivity contribution in [3.63, 3.8) is 0 Å². The van der Waals surface area contributed by atoms with Gasteiger partial charge in [0.2, 0.25) is 0 Å². The van der Waals surface area contributed by atoms with E-state index < -0.39 is 14.6 Å². The van der Waals surface area contributed by atoms with E-state index in [1.165, 1.54) is 12.1 Å². The van der Waals surface area contributed by atoms with Gasteiger partial charge in [-0.2, -0.15) is 0 Å². The Morgan fingerprint density at radius 3 is 2.62 bits per heavy atom. The van der Waals surface area contributed by atoms with Crippen LogP contribution >= 0.6 is 0 Å². The molecule has 0 atom stereocenters. The molecule has 1 aromatic carbocycles. The fraction of sp³-hybridized carbons (Fsp3) is 0.562. The molecule has 0 radical (unpaired) electrons. The van der Waals surface area contributed by atoms with Crippen LogP contribution in [0.1, 0.15) is 13.8 Å². The summed E-state index contributed by atoms with van der Waals surface area (Å²) < 4.78 is 41.7. The fourth-order valence-electron chi connectivity index (χ4n) is 2.52. The van der Waals surface area contributed by atoms with E-state index in [0.717, 1.165) is 0 Å². The van der Waals surface area contributed by atoms with Crippen LogP contribution in [0.25, 0.3) is 0 Å². The van der Waals surface area contributed by atoms with Gasteiger partial charge in [-0.15, -0.1) is 0 Å². The van der Waals surface area contributed by atoms with Crippen LogP contribution in [0, 0.1) is 5.82 Å². The van der Waals surface area contributed by atoms with Gasteiger partial charge in [-0.05, 0) is 38.1 Å². The van der Waals surface area contributed by atoms with E-state index in [1.807, 2.05) is 4.90 Å². The van der Waals surface area contributed by atoms with Crippen molar-refractivity contribution >= 4 is 15.8 Å². The topological polar surface area (TPSA) is 71.0 Å². The maximum Gasteiger partial charge on any atom is 0.193 e. The van der Waals surface area contributed by atoms with Crippen LogP contribution < -0.4 is 10.1 Å². The van der Waals surface area contributed by atoms with Crippen molar-refractivity contribution in [1.29, 1.82) is 0 Å². The van der Waals surface area contributed by atoms with Gasteiger partial charge in [-0.1, -0.05) is 0 Å². The normalized spacial score (nSPS) is 19.8. The van der Waals surface area contributed by atoms with Crippen LogP contribution in [0.15, 0.2) is 29.3 Å². The molecule has 1 aliphatic heterocycles. The highest BCUT2D eigenvalue weighted by molar-refractivity contribution is 7.92. The predicted octanol–water partition coefficient (Wildman–Crippen LogP) is 1.29. The van der Waals surface area contributed by atoms with Gasteiger partial charge in [-0.3, -0.25) is 4.99 Å². The molecular formula is C16H24FN3O3S. The number of hydrogen-bond donors (Lipinski definition) is 1. The number of ether oxygens (including phenoxy) is 1. The zero-order valence-corrected chi connectivity index (χ0v) is 15.1. The second-order valence-electron chi connectivity index (χ2n) is 6.28. The molecule has 6 nitrogen and oxygen atoms in total. The zero-order valence-electron chi connectivity index (χ0n) is 14.3. The lowest BCUT2D eigenvalue weighted by Crippen LogP contribution is -2.57. The predicted molar refractivity (Wildman–Crippen MR) is 92.7 cm³/mol. The van der Waals surface area contributed by atoms with Crippen molar-refractivity contribution in [3.8, 4) is 5.75 Å². The summed E-state index contributed by atoms with van der Waals surface area (Å²) in [5.74, 6) is 1.06. The van der Waals surface area contributed by atoms with Crippen molar-refractivity contribution in [1.82, 2.24) is 10.2 Å². The lowest BCUT2D eigenvalue weighted by Gasteiger charge is -2.39. The Balaban J connectivity index is 1.84. The molecule has 134 valence electrons. The molecule has 1 aliphatic rings. The summed E-state index contributed by atoms with van der Waals surface area (Å²) in [5, 5.41) is 3.17. The van der Waals surface area contributed by atoms with Crippen molar-refractivity contribution in [2.45, 2.75) is 18.6 Å². The molecule has 0 amide bonds. The molecule has 2 rings (SSSR count). The first-order chi connectivity index (χ1) is 11.2. The summed E-state index contributed by atoms with van der Waals surface area (Å²) in [6.07, 6.45) is 0. The Kier molecular flexibility index (Phi) is 5.69. The second-order valence-corrected chi connectivity index (χ2v) is 9.02. The average Bonchev–Trinajstić information content (AvgIpc) is 2.52. The summed E-state index contributed by atoms with van der Waals surface area (Å²) in [4.78, 5) is 6.16. The van der Waals surface area contributed by atoms with Crippen LogP contribution in [-0.2, 0) is 9.84 Å². The standard InChI is InChI=1S/C16H24FN3O3S/c1-16(2)12-20(9-11-24(16,21)22)15(18-3)19-8-10-23-14-6-4-13(17)5-7-14/h4-7H,8-12H2,1-3H3,(H,18,19). The average molecular weight is 357 g/mol. The third-order valence-corrected chi connectivity index (χ3v) is 6.56. The number of aliphatic imine (C=N–C) groups is 1. The summed E-state index contributed by atoms with van der Waals surface area (Å²) >= 11 is 0. The van der Waals surface area contributed by atoms with Gasteiger partial charge in [0.15, 0.2) is 15.8 Å². The quantitative estimate of drug-likeness (QED) is 0.499. The van der Waals surface area contributed by atoms with Crippen molar-refractivity contribution in [2.24, 2.45) is 4.99 Å². The molecule has 24 heavy (non-hydrogen) atoms. The highest BCUT2D eigenvalue weighted by Crippen LogP contribution is 2.23. The second kappa shape index (κ2) is 7.38. The number of nitrogens with zero attached hydrogens (tertiary/aromatic N) is 2. The number of nitrogens with one attached hydrogen (secondary N) is 1. The van der Waals surface area contributed by atoms with E-state index in [2.05, 4.69) is 10.3 Å². The van der Waals surface area contributed by atoms with Gasteiger partial charge in [0.1, 0.15) is 18.2 Å².